The number of anilines is 1. The van der Waals surface area contributed by atoms with Gasteiger partial charge in [-0.05, 0) is 37.8 Å². The number of pyridine rings is 1. The fraction of sp³-hybridized carbons (Fsp3) is 0.471. The minimum atomic E-state index is 0.141. The van der Waals surface area contributed by atoms with Gasteiger partial charge in [0.25, 0.3) is 0 Å². The van der Waals surface area contributed by atoms with Crippen LogP contribution in [0.3, 0.4) is 0 Å². The van der Waals surface area contributed by atoms with E-state index >= 15 is 0 Å². The van der Waals surface area contributed by atoms with Gasteiger partial charge < -0.3 is 4.90 Å². The van der Waals surface area contributed by atoms with Crippen molar-refractivity contribution in [1.82, 2.24) is 19.7 Å². The Balaban J connectivity index is 1.97. The summed E-state index contributed by atoms with van der Waals surface area (Å²) in [4.78, 5) is 6.92. The molecule has 2 aliphatic rings. The van der Waals surface area contributed by atoms with Crippen molar-refractivity contribution >= 4 is 11.4 Å². The van der Waals surface area contributed by atoms with Gasteiger partial charge in [-0.25, -0.2) is 4.98 Å². The third-order valence-corrected chi connectivity index (χ3v) is 4.72. The molecule has 4 rings (SSSR count). The van der Waals surface area contributed by atoms with Crippen LogP contribution in [0.1, 0.15) is 50.3 Å². The van der Waals surface area contributed by atoms with Gasteiger partial charge in [-0.15, -0.1) is 10.2 Å². The Morgan fingerprint density at radius 3 is 2.77 bits per heavy atom. The van der Waals surface area contributed by atoms with Gasteiger partial charge in [0.05, 0.1) is 11.4 Å². The molecule has 0 amide bonds. The van der Waals surface area contributed by atoms with Crippen molar-refractivity contribution in [2.75, 3.05) is 11.4 Å². The largest absolute Gasteiger partial charge is 0.336 e. The third-order valence-electron chi connectivity index (χ3n) is 4.72. The van der Waals surface area contributed by atoms with Crippen LogP contribution in [0.2, 0.25) is 0 Å². The number of fused-ring (bicyclic) bond motifs is 3. The summed E-state index contributed by atoms with van der Waals surface area (Å²) in [6, 6.07) is 2.19. The van der Waals surface area contributed by atoms with E-state index in [-0.39, 0.29) is 5.41 Å². The lowest BCUT2D eigenvalue weighted by atomic mass is 10.1. The first-order valence-electron chi connectivity index (χ1n) is 7.95. The molecule has 0 aromatic carbocycles. The molecule has 2 aromatic heterocycles. The van der Waals surface area contributed by atoms with Crippen molar-refractivity contribution in [2.24, 2.45) is 0 Å². The van der Waals surface area contributed by atoms with Gasteiger partial charge in [-0.3, -0.25) is 4.57 Å². The van der Waals surface area contributed by atoms with E-state index in [0.29, 0.717) is 0 Å². The van der Waals surface area contributed by atoms with Crippen molar-refractivity contribution in [2.45, 2.75) is 45.4 Å². The molecule has 0 spiro atoms. The summed E-state index contributed by atoms with van der Waals surface area (Å²) in [5, 5.41) is 8.91. The molecule has 0 bridgehead atoms. The van der Waals surface area contributed by atoms with Crippen LogP contribution in [-0.4, -0.2) is 26.3 Å². The van der Waals surface area contributed by atoms with E-state index < -0.39 is 0 Å². The summed E-state index contributed by atoms with van der Waals surface area (Å²) in [6.45, 7) is 11.7. The molecule has 0 N–H and O–H groups in total. The van der Waals surface area contributed by atoms with E-state index in [1.54, 1.807) is 0 Å². The molecule has 5 heteroatoms. The molecule has 0 saturated heterocycles. The van der Waals surface area contributed by atoms with Crippen LogP contribution in [0.5, 0.6) is 0 Å². The first-order valence-corrected chi connectivity index (χ1v) is 7.95. The zero-order valence-corrected chi connectivity index (χ0v) is 13.4. The summed E-state index contributed by atoms with van der Waals surface area (Å²) in [5.74, 6) is 2.80. The SMILES string of the molecule is C=C1c2nnc(C3(C)CC3)n2-c2ncc(C)cc2N1CCC. The standard InChI is InChI=1S/C17H21N5/c1-5-8-21-12(3)14-19-20-16(17(4)6-7-17)22(14)15-13(21)9-11(2)10-18-15/h9-10H,3,5-8H2,1-2,4H3. The number of rotatable bonds is 3. The molecule has 1 aliphatic heterocycles. The minimum Gasteiger partial charge on any atom is -0.336 e. The van der Waals surface area contributed by atoms with Crippen molar-refractivity contribution in [3.63, 3.8) is 0 Å². The lowest BCUT2D eigenvalue weighted by Gasteiger charge is -2.33. The van der Waals surface area contributed by atoms with Crippen LogP contribution in [-0.2, 0) is 5.41 Å². The van der Waals surface area contributed by atoms with E-state index in [1.165, 1.54) is 0 Å². The Morgan fingerprint density at radius 2 is 2.09 bits per heavy atom. The molecule has 0 unspecified atom stereocenters. The zero-order chi connectivity index (χ0) is 15.5. The van der Waals surface area contributed by atoms with Crippen molar-refractivity contribution < 1.29 is 0 Å². The summed E-state index contributed by atoms with van der Waals surface area (Å²) in [5.41, 5.74) is 3.33. The highest BCUT2D eigenvalue weighted by atomic mass is 15.4. The normalized spacial score (nSPS) is 18.1. The monoisotopic (exact) mass is 295 g/mol. The van der Waals surface area contributed by atoms with Gasteiger partial charge in [0.15, 0.2) is 11.6 Å². The Labute approximate surface area is 130 Å². The van der Waals surface area contributed by atoms with Crippen LogP contribution in [0.15, 0.2) is 18.8 Å². The van der Waals surface area contributed by atoms with Crippen molar-refractivity contribution in [3.05, 3.63) is 36.1 Å². The molecule has 5 nitrogen and oxygen atoms in total. The lowest BCUT2D eigenvalue weighted by molar-refractivity contribution is 0.675. The molecule has 1 saturated carbocycles. The predicted molar refractivity (Wildman–Crippen MR) is 87.1 cm³/mol. The summed E-state index contributed by atoms with van der Waals surface area (Å²) in [7, 11) is 0. The average Bonchev–Trinajstić information content (AvgIpc) is 3.08. The molecule has 1 fully saturated rings. The fourth-order valence-corrected chi connectivity index (χ4v) is 3.14. The maximum absolute atomic E-state index is 4.70. The predicted octanol–water partition coefficient (Wildman–Crippen LogP) is 3.22. The topological polar surface area (TPSA) is 46.8 Å². The second-order valence-electron chi connectivity index (χ2n) is 6.70. The maximum Gasteiger partial charge on any atom is 0.185 e. The highest BCUT2D eigenvalue weighted by Gasteiger charge is 2.46. The smallest absolute Gasteiger partial charge is 0.185 e. The Kier molecular flexibility index (Phi) is 2.71. The number of aryl methyl sites for hydroxylation is 1. The Morgan fingerprint density at radius 1 is 1.32 bits per heavy atom. The molecule has 0 atom stereocenters. The van der Waals surface area contributed by atoms with E-state index in [2.05, 4.69) is 53.1 Å². The molecule has 22 heavy (non-hydrogen) atoms. The molecule has 114 valence electrons. The Bertz CT molecular complexity index is 769. The van der Waals surface area contributed by atoms with Gasteiger partial charge in [0.1, 0.15) is 5.82 Å². The third kappa shape index (κ3) is 1.74. The second-order valence-corrected chi connectivity index (χ2v) is 6.70. The average molecular weight is 295 g/mol. The number of hydrogen-bond acceptors (Lipinski definition) is 4. The van der Waals surface area contributed by atoms with E-state index in [0.717, 1.165) is 60.2 Å². The summed E-state index contributed by atoms with van der Waals surface area (Å²) >= 11 is 0. The van der Waals surface area contributed by atoms with Gasteiger partial charge in [-0.1, -0.05) is 20.4 Å². The van der Waals surface area contributed by atoms with Crippen LogP contribution in [0.4, 0.5) is 5.69 Å². The Hall–Kier alpha value is -2.17. The molecule has 0 radical (unpaired) electrons. The maximum atomic E-state index is 4.70. The van der Waals surface area contributed by atoms with Crippen LogP contribution >= 0.6 is 0 Å². The van der Waals surface area contributed by atoms with Gasteiger partial charge in [0.2, 0.25) is 0 Å². The quantitative estimate of drug-likeness (QED) is 0.872. The number of nitrogens with zero attached hydrogens (tertiary/aromatic N) is 5. The van der Waals surface area contributed by atoms with Crippen molar-refractivity contribution in [1.29, 1.82) is 0 Å². The zero-order valence-electron chi connectivity index (χ0n) is 13.4. The van der Waals surface area contributed by atoms with E-state index in [1.807, 2.05) is 6.20 Å². The lowest BCUT2D eigenvalue weighted by Crippen LogP contribution is -2.30. The second kappa shape index (κ2) is 4.41. The first-order chi connectivity index (χ1) is 10.5. The number of aromatic nitrogens is 4. The highest BCUT2D eigenvalue weighted by molar-refractivity contribution is 5.83. The number of hydrogen-bond donors (Lipinski definition) is 0. The molecule has 1 aliphatic carbocycles. The molecular formula is C17H21N5. The molecular weight excluding hydrogens is 274 g/mol. The summed E-state index contributed by atoms with van der Waals surface area (Å²) in [6.07, 6.45) is 5.29. The first kappa shape index (κ1) is 13.5. The van der Waals surface area contributed by atoms with E-state index in [4.69, 9.17) is 4.98 Å². The van der Waals surface area contributed by atoms with Gasteiger partial charge in [0, 0.05) is 18.2 Å². The van der Waals surface area contributed by atoms with Crippen LogP contribution < -0.4 is 4.90 Å². The van der Waals surface area contributed by atoms with Crippen LogP contribution in [0.25, 0.3) is 11.5 Å². The van der Waals surface area contributed by atoms with Gasteiger partial charge in [-0.2, -0.15) is 0 Å². The van der Waals surface area contributed by atoms with Gasteiger partial charge >= 0.3 is 0 Å². The van der Waals surface area contributed by atoms with Crippen LogP contribution in [0, 0.1) is 6.92 Å². The van der Waals surface area contributed by atoms with E-state index in [9.17, 15) is 0 Å². The minimum absolute atomic E-state index is 0.141. The van der Waals surface area contributed by atoms with Crippen molar-refractivity contribution in [3.8, 4) is 5.82 Å². The summed E-state index contributed by atoms with van der Waals surface area (Å²) < 4.78 is 2.12. The highest BCUT2D eigenvalue weighted by Crippen LogP contribution is 2.49. The fourth-order valence-electron chi connectivity index (χ4n) is 3.14. The molecule has 3 heterocycles. The molecule has 2 aromatic rings.